The highest BCUT2D eigenvalue weighted by atomic mass is 16.7. The molecule has 0 bridgehead atoms. The third-order valence-corrected chi connectivity index (χ3v) is 5.51. The molecule has 5 rings (SSSR count). The normalized spacial score (nSPS) is 14.6. The molecule has 3 aromatic rings. The molecule has 172 valence electrons. The fourth-order valence-electron chi connectivity index (χ4n) is 3.96. The average molecular weight is 458 g/mol. The van der Waals surface area contributed by atoms with E-state index in [0.717, 1.165) is 4.90 Å². The number of rotatable bonds is 7. The van der Waals surface area contributed by atoms with Crippen LogP contribution < -0.4 is 29.2 Å². The van der Waals surface area contributed by atoms with E-state index in [1.54, 1.807) is 66.7 Å². The monoisotopic (exact) mass is 458 g/mol. The van der Waals surface area contributed by atoms with Crippen molar-refractivity contribution in [1.82, 2.24) is 0 Å². The Hall–Kier alpha value is -4.46. The van der Waals surface area contributed by atoms with Crippen molar-refractivity contribution in [2.45, 2.75) is 6.92 Å². The topological polar surface area (TPSA) is 86.3 Å². The number of anilines is 2. The second kappa shape index (κ2) is 8.82. The molecule has 2 amide bonds. The zero-order valence-electron chi connectivity index (χ0n) is 18.7. The molecule has 2 heterocycles. The molecule has 3 aromatic carbocycles. The predicted molar refractivity (Wildman–Crippen MR) is 126 cm³/mol. The van der Waals surface area contributed by atoms with Crippen LogP contribution in [0.25, 0.3) is 5.57 Å². The minimum Gasteiger partial charge on any atom is -0.496 e. The highest BCUT2D eigenvalue weighted by Gasteiger charge is 2.41. The molecule has 0 saturated heterocycles. The van der Waals surface area contributed by atoms with Gasteiger partial charge in [0.15, 0.2) is 11.5 Å². The molecule has 2 aliphatic heterocycles. The number of hydrogen-bond acceptors (Lipinski definition) is 7. The number of para-hydroxylation sites is 1. The smallest absolute Gasteiger partial charge is 0.282 e. The number of amides is 2. The van der Waals surface area contributed by atoms with Gasteiger partial charge >= 0.3 is 0 Å². The van der Waals surface area contributed by atoms with Gasteiger partial charge in [0.25, 0.3) is 11.8 Å². The average Bonchev–Trinajstić information content (AvgIpc) is 3.42. The van der Waals surface area contributed by atoms with Crippen molar-refractivity contribution in [3.05, 3.63) is 78.0 Å². The summed E-state index contributed by atoms with van der Waals surface area (Å²) in [6.45, 7) is 2.54. The largest absolute Gasteiger partial charge is 0.496 e. The van der Waals surface area contributed by atoms with Gasteiger partial charge in [0, 0.05) is 17.3 Å². The number of benzene rings is 3. The molecular formula is C26H22N2O6. The summed E-state index contributed by atoms with van der Waals surface area (Å²) in [5.74, 6) is 1.38. The lowest BCUT2D eigenvalue weighted by Gasteiger charge is -2.16. The van der Waals surface area contributed by atoms with Gasteiger partial charge in [-0.2, -0.15) is 0 Å². The maximum absolute atomic E-state index is 13.7. The Balaban J connectivity index is 1.58. The molecule has 0 aliphatic carbocycles. The Labute approximate surface area is 196 Å². The number of nitrogens with zero attached hydrogens (tertiary/aromatic N) is 1. The zero-order valence-corrected chi connectivity index (χ0v) is 18.7. The van der Waals surface area contributed by atoms with Gasteiger partial charge in [-0.3, -0.25) is 9.59 Å². The SMILES string of the molecule is CCOc1ccc(N2C(=O)C(Nc3ccc4c(c3)OCO4)=C(c3ccccc3OC)C2=O)cc1. The van der Waals surface area contributed by atoms with Gasteiger partial charge in [0.1, 0.15) is 17.2 Å². The first-order chi connectivity index (χ1) is 16.6. The molecule has 0 aromatic heterocycles. The van der Waals surface area contributed by atoms with E-state index in [2.05, 4.69) is 5.32 Å². The molecule has 0 fully saturated rings. The van der Waals surface area contributed by atoms with E-state index in [4.69, 9.17) is 18.9 Å². The van der Waals surface area contributed by atoms with Gasteiger partial charge in [0.05, 0.1) is 25.0 Å². The van der Waals surface area contributed by atoms with Crippen LogP contribution in [0.1, 0.15) is 12.5 Å². The van der Waals surface area contributed by atoms with E-state index in [-0.39, 0.29) is 18.1 Å². The number of nitrogens with one attached hydrogen (secondary N) is 1. The Morgan fingerprint density at radius 2 is 1.71 bits per heavy atom. The van der Waals surface area contributed by atoms with Gasteiger partial charge in [-0.25, -0.2) is 4.90 Å². The highest BCUT2D eigenvalue weighted by molar-refractivity contribution is 6.46. The lowest BCUT2D eigenvalue weighted by Crippen LogP contribution is -2.32. The van der Waals surface area contributed by atoms with Crippen LogP contribution in [0.15, 0.2) is 72.4 Å². The molecule has 34 heavy (non-hydrogen) atoms. The standard InChI is InChI=1S/C26H22N2O6/c1-3-32-18-11-9-17(10-12-18)28-25(29)23(19-6-4-5-7-20(19)31-2)24(26(28)30)27-16-8-13-21-22(14-16)34-15-33-21/h4-14,27H,3,15H2,1-2H3. The molecule has 2 aliphatic rings. The Morgan fingerprint density at radius 3 is 2.47 bits per heavy atom. The quantitative estimate of drug-likeness (QED) is 0.531. The molecule has 1 N–H and O–H groups in total. The fourth-order valence-corrected chi connectivity index (χ4v) is 3.96. The highest BCUT2D eigenvalue weighted by Crippen LogP contribution is 2.39. The van der Waals surface area contributed by atoms with Gasteiger partial charge in [-0.1, -0.05) is 18.2 Å². The molecule has 0 atom stereocenters. The molecular weight excluding hydrogens is 436 g/mol. The number of imide groups is 1. The lowest BCUT2D eigenvalue weighted by atomic mass is 10.0. The molecule has 0 unspecified atom stereocenters. The molecule has 0 spiro atoms. The zero-order chi connectivity index (χ0) is 23.7. The van der Waals surface area contributed by atoms with Gasteiger partial charge < -0.3 is 24.3 Å². The predicted octanol–water partition coefficient (Wildman–Crippen LogP) is 4.22. The van der Waals surface area contributed by atoms with Crippen molar-refractivity contribution in [3.8, 4) is 23.0 Å². The fraction of sp³-hybridized carbons (Fsp3) is 0.154. The number of fused-ring (bicyclic) bond motifs is 1. The molecule has 8 nitrogen and oxygen atoms in total. The van der Waals surface area contributed by atoms with Gasteiger partial charge in [0.2, 0.25) is 6.79 Å². The third kappa shape index (κ3) is 3.69. The van der Waals surface area contributed by atoms with Crippen molar-refractivity contribution >= 4 is 28.8 Å². The number of carbonyl (C=O) groups is 2. The van der Waals surface area contributed by atoms with Crippen LogP contribution in [-0.4, -0.2) is 32.3 Å². The van der Waals surface area contributed by atoms with E-state index in [0.29, 0.717) is 46.5 Å². The van der Waals surface area contributed by atoms with Gasteiger partial charge in [-0.05, 0) is 49.4 Å². The summed E-state index contributed by atoms with van der Waals surface area (Å²) in [5.41, 5.74) is 1.89. The first-order valence-corrected chi connectivity index (χ1v) is 10.8. The molecule has 8 heteroatoms. The van der Waals surface area contributed by atoms with Crippen LogP contribution in [0.2, 0.25) is 0 Å². The summed E-state index contributed by atoms with van der Waals surface area (Å²) in [5, 5.41) is 3.13. The van der Waals surface area contributed by atoms with E-state index in [9.17, 15) is 9.59 Å². The van der Waals surface area contributed by atoms with E-state index >= 15 is 0 Å². The van der Waals surface area contributed by atoms with E-state index in [1.165, 1.54) is 7.11 Å². The molecule has 0 radical (unpaired) electrons. The van der Waals surface area contributed by atoms with Crippen molar-refractivity contribution in [1.29, 1.82) is 0 Å². The summed E-state index contributed by atoms with van der Waals surface area (Å²) < 4.78 is 21.8. The minimum absolute atomic E-state index is 0.136. The Morgan fingerprint density at radius 1 is 0.941 bits per heavy atom. The van der Waals surface area contributed by atoms with E-state index in [1.807, 2.05) is 6.92 Å². The van der Waals surface area contributed by atoms with Crippen molar-refractivity contribution in [2.24, 2.45) is 0 Å². The van der Waals surface area contributed by atoms with Crippen LogP contribution in [-0.2, 0) is 9.59 Å². The van der Waals surface area contributed by atoms with Gasteiger partial charge in [-0.15, -0.1) is 0 Å². The Kier molecular flexibility index (Phi) is 5.55. The summed E-state index contributed by atoms with van der Waals surface area (Å²) in [7, 11) is 1.52. The lowest BCUT2D eigenvalue weighted by molar-refractivity contribution is -0.120. The van der Waals surface area contributed by atoms with Crippen molar-refractivity contribution in [2.75, 3.05) is 30.7 Å². The Bertz CT molecular complexity index is 1300. The van der Waals surface area contributed by atoms with E-state index < -0.39 is 11.8 Å². The number of carbonyl (C=O) groups excluding carboxylic acids is 2. The number of ether oxygens (including phenoxy) is 4. The second-order valence-electron chi connectivity index (χ2n) is 7.52. The summed E-state index contributed by atoms with van der Waals surface area (Å²) in [4.78, 5) is 28.4. The second-order valence-corrected chi connectivity index (χ2v) is 7.52. The number of hydrogen-bond donors (Lipinski definition) is 1. The summed E-state index contributed by atoms with van der Waals surface area (Å²) >= 11 is 0. The maximum atomic E-state index is 13.7. The van der Waals surface area contributed by atoms with Crippen molar-refractivity contribution in [3.63, 3.8) is 0 Å². The van der Waals surface area contributed by atoms with Crippen LogP contribution in [0.5, 0.6) is 23.0 Å². The first kappa shape index (κ1) is 21.4. The summed E-state index contributed by atoms with van der Waals surface area (Å²) in [6.07, 6.45) is 0. The van der Waals surface area contributed by atoms with Crippen LogP contribution >= 0.6 is 0 Å². The van der Waals surface area contributed by atoms with Crippen LogP contribution in [0.4, 0.5) is 11.4 Å². The molecule has 0 saturated carbocycles. The third-order valence-electron chi connectivity index (χ3n) is 5.51. The summed E-state index contributed by atoms with van der Waals surface area (Å²) in [6, 6.07) is 19.2. The first-order valence-electron chi connectivity index (χ1n) is 10.8. The van der Waals surface area contributed by atoms with Crippen LogP contribution in [0.3, 0.4) is 0 Å². The minimum atomic E-state index is -0.479. The number of methoxy groups -OCH3 is 1. The van der Waals surface area contributed by atoms with Crippen molar-refractivity contribution < 1.29 is 28.5 Å². The van der Waals surface area contributed by atoms with Crippen LogP contribution in [0, 0.1) is 0 Å². The maximum Gasteiger partial charge on any atom is 0.282 e.